The van der Waals surface area contributed by atoms with Crippen LogP contribution in [0.25, 0.3) is 0 Å². The molecule has 2 amide bonds. The van der Waals surface area contributed by atoms with Crippen LogP contribution in [0.15, 0.2) is 89.8 Å². The molecular formula is C30H37N3O4S. The number of para-hydroxylation sites is 1. The highest BCUT2D eigenvalue weighted by atomic mass is 32.2. The molecule has 3 aromatic carbocycles. The van der Waals surface area contributed by atoms with Gasteiger partial charge in [0.05, 0.1) is 10.6 Å². The van der Waals surface area contributed by atoms with Gasteiger partial charge in [0.15, 0.2) is 0 Å². The highest BCUT2D eigenvalue weighted by molar-refractivity contribution is 7.92. The molecule has 0 saturated heterocycles. The van der Waals surface area contributed by atoms with Crippen LogP contribution in [0.4, 0.5) is 5.69 Å². The molecule has 0 saturated carbocycles. The van der Waals surface area contributed by atoms with E-state index in [1.807, 2.05) is 44.2 Å². The summed E-state index contributed by atoms with van der Waals surface area (Å²) in [7, 11) is -4.04. The topological polar surface area (TPSA) is 86.8 Å². The normalized spacial score (nSPS) is 12.0. The van der Waals surface area contributed by atoms with Crippen molar-refractivity contribution in [2.24, 2.45) is 0 Å². The van der Waals surface area contributed by atoms with Crippen LogP contribution in [0, 0.1) is 6.92 Å². The van der Waals surface area contributed by atoms with Crippen LogP contribution in [0.3, 0.4) is 0 Å². The number of benzene rings is 3. The number of rotatable bonds is 13. The highest BCUT2D eigenvalue weighted by Crippen LogP contribution is 2.24. The van der Waals surface area contributed by atoms with E-state index in [1.54, 1.807) is 61.5 Å². The molecule has 1 atom stereocenters. The van der Waals surface area contributed by atoms with Gasteiger partial charge in [-0.15, -0.1) is 0 Å². The molecule has 3 rings (SSSR count). The number of aryl methyl sites for hydroxylation is 1. The number of hydrogen-bond donors (Lipinski definition) is 1. The van der Waals surface area contributed by atoms with Crippen molar-refractivity contribution in [1.82, 2.24) is 10.2 Å². The number of hydrogen-bond acceptors (Lipinski definition) is 4. The zero-order valence-electron chi connectivity index (χ0n) is 22.3. The fourth-order valence-corrected chi connectivity index (χ4v) is 5.48. The van der Waals surface area contributed by atoms with Gasteiger partial charge in [0.1, 0.15) is 12.6 Å². The van der Waals surface area contributed by atoms with E-state index < -0.39 is 28.5 Å². The SMILES string of the molecule is CCCCNC(=O)[C@H](C)N(CCc1ccccc1)C(=O)CN(c1ccccc1)S(=O)(=O)c1ccc(C)cc1. The Morgan fingerprint density at radius 1 is 0.895 bits per heavy atom. The monoisotopic (exact) mass is 535 g/mol. The van der Waals surface area contributed by atoms with Gasteiger partial charge in [-0.05, 0) is 56.5 Å². The molecule has 0 aliphatic heterocycles. The van der Waals surface area contributed by atoms with Crippen LogP contribution < -0.4 is 9.62 Å². The van der Waals surface area contributed by atoms with Crippen molar-refractivity contribution >= 4 is 27.5 Å². The maximum absolute atomic E-state index is 13.8. The first-order valence-electron chi connectivity index (χ1n) is 13.0. The summed E-state index contributed by atoms with van der Waals surface area (Å²) in [6.07, 6.45) is 2.32. The molecular weight excluding hydrogens is 498 g/mol. The maximum Gasteiger partial charge on any atom is 0.264 e. The lowest BCUT2D eigenvalue weighted by Gasteiger charge is -2.32. The highest BCUT2D eigenvalue weighted by Gasteiger charge is 2.32. The van der Waals surface area contributed by atoms with Gasteiger partial charge in [-0.1, -0.05) is 79.6 Å². The van der Waals surface area contributed by atoms with Gasteiger partial charge in [0.25, 0.3) is 10.0 Å². The molecule has 0 aliphatic rings. The summed E-state index contributed by atoms with van der Waals surface area (Å²) in [5.74, 6) is -0.703. The van der Waals surface area contributed by atoms with E-state index in [4.69, 9.17) is 0 Å². The van der Waals surface area contributed by atoms with Crippen LogP contribution >= 0.6 is 0 Å². The Morgan fingerprint density at radius 2 is 1.50 bits per heavy atom. The quantitative estimate of drug-likeness (QED) is 0.325. The second-order valence-electron chi connectivity index (χ2n) is 9.30. The van der Waals surface area contributed by atoms with E-state index in [0.29, 0.717) is 18.7 Å². The van der Waals surface area contributed by atoms with Crippen molar-refractivity contribution in [2.75, 3.05) is 23.9 Å². The van der Waals surface area contributed by atoms with Crippen LogP contribution in [0.5, 0.6) is 0 Å². The average Bonchev–Trinajstić information content (AvgIpc) is 2.93. The van der Waals surface area contributed by atoms with Gasteiger partial charge in [0.2, 0.25) is 11.8 Å². The standard InChI is InChI=1S/C30H37N3O4S/c1-4-5-21-31-30(35)25(3)32(22-20-26-12-8-6-9-13-26)29(34)23-33(27-14-10-7-11-15-27)38(36,37)28-18-16-24(2)17-19-28/h6-19,25H,4-5,20-23H2,1-3H3,(H,31,35)/t25-/m0/s1. The Kier molecular flexibility index (Phi) is 10.5. The van der Waals surface area contributed by atoms with Crippen molar-refractivity contribution in [3.63, 3.8) is 0 Å². The van der Waals surface area contributed by atoms with Crippen molar-refractivity contribution in [1.29, 1.82) is 0 Å². The van der Waals surface area contributed by atoms with Crippen molar-refractivity contribution < 1.29 is 18.0 Å². The molecule has 0 aromatic heterocycles. The maximum atomic E-state index is 13.8. The first kappa shape index (κ1) is 28.9. The lowest BCUT2D eigenvalue weighted by molar-refractivity contribution is -0.138. The number of nitrogens with one attached hydrogen (secondary N) is 1. The van der Waals surface area contributed by atoms with E-state index in [0.717, 1.165) is 28.3 Å². The smallest absolute Gasteiger partial charge is 0.264 e. The molecule has 7 nitrogen and oxygen atoms in total. The number of unbranched alkanes of at least 4 members (excludes halogenated alkanes) is 1. The van der Waals surface area contributed by atoms with Crippen molar-refractivity contribution in [3.8, 4) is 0 Å². The summed E-state index contributed by atoms with van der Waals surface area (Å²) in [5.41, 5.74) is 2.34. The van der Waals surface area contributed by atoms with E-state index in [1.165, 1.54) is 4.90 Å². The Morgan fingerprint density at radius 3 is 2.11 bits per heavy atom. The lowest BCUT2D eigenvalue weighted by atomic mass is 10.1. The summed E-state index contributed by atoms with van der Waals surface area (Å²) in [5, 5.41) is 2.90. The summed E-state index contributed by atoms with van der Waals surface area (Å²) >= 11 is 0. The van der Waals surface area contributed by atoms with Crippen LogP contribution in [-0.4, -0.2) is 50.8 Å². The number of nitrogens with zero attached hydrogens (tertiary/aromatic N) is 2. The average molecular weight is 536 g/mol. The van der Waals surface area contributed by atoms with Gasteiger partial charge < -0.3 is 10.2 Å². The minimum atomic E-state index is -4.04. The Bertz CT molecular complexity index is 1280. The first-order valence-corrected chi connectivity index (χ1v) is 14.4. The van der Waals surface area contributed by atoms with Gasteiger partial charge in [-0.25, -0.2) is 8.42 Å². The van der Waals surface area contributed by atoms with Gasteiger partial charge in [-0.3, -0.25) is 13.9 Å². The fraction of sp³-hybridized carbons (Fsp3) is 0.333. The van der Waals surface area contributed by atoms with Crippen molar-refractivity contribution in [2.45, 2.75) is 51.0 Å². The van der Waals surface area contributed by atoms with Crippen LogP contribution in [0.2, 0.25) is 0 Å². The van der Waals surface area contributed by atoms with E-state index in [9.17, 15) is 18.0 Å². The predicted molar refractivity (Wildman–Crippen MR) is 151 cm³/mol. The van der Waals surface area contributed by atoms with Crippen molar-refractivity contribution in [3.05, 3.63) is 96.1 Å². The number of carbonyl (C=O) groups is 2. The van der Waals surface area contributed by atoms with Gasteiger partial charge >= 0.3 is 0 Å². The summed E-state index contributed by atoms with van der Waals surface area (Å²) in [6, 6.07) is 24.1. The molecule has 0 spiro atoms. The summed E-state index contributed by atoms with van der Waals surface area (Å²) < 4.78 is 28.6. The molecule has 8 heteroatoms. The summed E-state index contributed by atoms with van der Waals surface area (Å²) in [6.45, 7) is 5.98. The molecule has 38 heavy (non-hydrogen) atoms. The van der Waals surface area contributed by atoms with Crippen LogP contribution in [-0.2, 0) is 26.0 Å². The predicted octanol–water partition coefficient (Wildman–Crippen LogP) is 4.57. The molecule has 0 aliphatic carbocycles. The Hall–Kier alpha value is -3.65. The van der Waals surface area contributed by atoms with E-state index in [-0.39, 0.29) is 17.3 Å². The molecule has 0 fully saturated rings. The molecule has 3 aromatic rings. The lowest BCUT2D eigenvalue weighted by Crippen LogP contribution is -2.52. The zero-order valence-corrected chi connectivity index (χ0v) is 23.2. The van der Waals surface area contributed by atoms with Gasteiger partial charge in [0, 0.05) is 13.1 Å². The summed E-state index contributed by atoms with van der Waals surface area (Å²) in [4.78, 5) is 28.3. The van der Waals surface area contributed by atoms with Crippen LogP contribution in [0.1, 0.15) is 37.8 Å². The molecule has 0 heterocycles. The zero-order chi connectivity index (χ0) is 27.5. The third-order valence-corrected chi connectivity index (χ3v) is 8.20. The molecule has 0 bridgehead atoms. The minimum Gasteiger partial charge on any atom is -0.354 e. The molecule has 1 N–H and O–H groups in total. The second kappa shape index (κ2) is 13.8. The van der Waals surface area contributed by atoms with E-state index in [2.05, 4.69) is 5.32 Å². The third kappa shape index (κ3) is 7.68. The number of sulfonamides is 1. The number of carbonyl (C=O) groups excluding carboxylic acids is 2. The van der Waals surface area contributed by atoms with Gasteiger partial charge in [-0.2, -0.15) is 0 Å². The minimum absolute atomic E-state index is 0.0981. The molecule has 202 valence electrons. The Balaban J connectivity index is 1.91. The van der Waals surface area contributed by atoms with E-state index >= 15 is 0 Å². The fourth-order valence-electron chi connectivity index (χ4n) is 4.07. The number of anilines is 1. The largest absolute Gasteiger partial charge is 0.354 e. The number of amides is 2. The first-order chi connectivity index (χ1) is 18.2. The third-order valence-electron chi connectivity index (χ3n) is 6.41. The molecule has 0 unspecified atom stereocenters. The Labute approximate surface area is 226 Å². The second-order valence-corrected chi connectivity index (χ2v) is 11.2. The molecule has 0 radical (unpaired) electrons.